The molecule has 0 atom stereocenters. The molecule has 54 valence electrons. The van der Waals surface area contributed by atoms with E-state index in [1.165, 1.54) is 6.07 Å². The van der Waals surface area contributed by atoms with Gasteiger partial charge in [0, 0.05) is 3.57 Å². The fourth-order valence-corrected chi connectivity index (χ4v) is 1.27. The summed E-state index contributed by atoms with van der Waals surface area (Å²) in [4.78, 5) is 10.0. The van der Waals surface area contributed by atoms with Crippen LogP contribution >= 0.6 is 22.6 Å². The Morgan fingerprint density at radius 3 is 2.73 bits per heavy atom. The molecule has 0 spiro atoms. The Morgan fingerprint density at radius 2 is 2.27 bits per heavy atom. The summed E-state index contributed by atoms with van der Waals surface area (Å²) in [6.07, 6.45) is 0. The predicted octanol–water partition coefficient (Wildman–Crippen LogP) is 2.56. The molecule has 1 aromatic rings. The minimum atomic E-state index is 0.355. The van der Waals surface area contributed by atoms with Crippen molar-refractivity contribution in [1.82, 2.24) is 0 Å². The van der Waals surface area contributed by atoms with E-state index in [1.807, 2.05) is 28.7 Å². The van der Waals surface area contributed by atoms with Crippen molar-refractivity contribution in [3.05, 3.63) is 32.2 Å². The summed E-state index contributed by atoms with van der Waals surface area (Å²) in [7, 11) is 0. The molecule has 0 aliphatic heterocycles. The molecule has 0 fully saturated rings. The van der Waals surface area contributed by atoms with Crippen molar-refractivity contribution in [3.63, 3.8) is 0 Å². The van der Waals surface area contributed by atoms with Gasteiger partial charge in [0.25, 0.3) is 0 Å². The second kappa shape index (κ2) is 3.44. The number of benzene rings is 1. The molecule has 0 amide bonds. The van der Waals surface area contributed by atoms with E-state index in [-0.39, 0.29) is 0 Å². The maximum atomic E-state index is 10.0. The topological polar surface area (TPSA) is 53.2 Å². The van der Waals surface area contributed by atoms with Gasteiger partial charge in [0.1, 0.15) is 11.8 Å². The molecule has 0 aliphatic carbocycles. The van der Waals surface area contributed by atoms with Gasteiger partial charge in [-0.1, -0.05) is 0 Å². The van der Waals surface area contributed by atoms with Gasteiger partial charge in [0.05, 0.1) is 5.56 Å². The van der Waals surface area contributed by atoms with Gasteiger partial charge in [-0.15, -0.1) is 4.91 Å². The Labute approximate surface area is 77.1 Å². The van der Waals surface area contributed by atoms with E-state index in [2.05, 4.69) is 5.18 Å². The predicted molar refractivity (Wildman–Crippen MR) is 49.3 cm³/mol. The van der Waals surface area contributed by atoms with Crippen LogP contribution in [0.4, 0.5) is 5.69 Å². The van der Waals surface area contributed by atoms with Crippen molar-refractivity contribution in [2.24, 2.45) is 5.18 Å². The molecule has 0 unspecified atom stereocenters. The van der Waals surface area contributed by atoms with E-state index in [1.54, 1.807) is 12.1 Å². The number of nitriles is 1. The van der Waals surface area contributed by atoms with Crippen molar-refractivity contribution >= 4 is 28.3 Å². The number of hydrogen-bond acceptors (Lipinski definition) is 3. The first kappa shape index (κ1) is 8.14. The summed E-state index contributed by atoms with van der Waals surface area (Å²) in [6.45, 7) is 0. The molecular weight excluding hydrogens is 255 g/mol. The molecule has 0 aromatic heterocycles. The molecule has 1 aromatic carbocycles. The molecule has 0 N–H and O–H groups in total. The highest BCUT2D eigenvalue weighted by atomic mass is 127. The lowest BCUT2D eigenvalue weighted by Crippen LogP contribution is -1.78. The number of hydrogen-bond donors (Lipinski definition) is 0. The van der Waals surface area contributed by atoms with Crippen molar-refractivity contribution in [2.75, 3.05) is 0 Å². The van der Waals surface area contributed by atoms with Crippen molar-refractivity contribution in [2.45, 2.75) is 0 Å². The van der Waals surface area contributed by atoms with Crippen LogP contribution in [0.25, 0.3) is 0 Å². The van der Waals surface area contributed by atoms with Crippen LogP contribution in [-0.2, 0) is 0 Å². The van der Waals surface area contributed by atoms with Crippen LogP contribution in [0.3, 0.4) is 0 Å². The lowest BCUT2D eigenvalue weighted by Gasteiger charge is -1.92. The molecule has 1 rings (SSSR count). The normalized spacial score (nSPS) is 8.73. The van der Waals surface area contributed by atoms with Gasteiger partial charge in [-0.3, -0.25) is 0 Å². The average Bonchev–Trinajstić information content (AvgIpc) is 2.04. The van der Waals surface area contributed by atoms with Crippen LogP contribution in [-0.4, -0.2) is 0 Å². The fourth-order valence-electron chi connectivity index (χ4n) is 0.651. The van der Waals surface area contributed by atoms with Crippen molar-refractivity contribution in [1.29, 1.82) is 5.26 Å². The second-order valence-electron chi connectivity index (χ2n) is 1.87. The van der Waals surface area contributed by atoms with Crippen molar-refractivity contribution in [3.8, 4) is 6.07 Å². The molecule has 0 saturated heterocycles. The third-order valence-electron chi connectivity index (χ3n) is 1.18. The largest absolute Gasteiger partial charge is 0.192 e. The molecule has 0 aliphatic rings. The minimum absolute atomic E-state index is 0.355. The lowest BCUT2D eigenvalue weighted by molar-refractivity contribution is 1.43. The highest BCUT2D eigenvalue weighted by molar-refractivity contribution is 14.1. The van der Waals surface area contributed by atoms with Crippen LogP contribution in [0.2, 0.25) is 0 Å². The Hall–Kier alpha value is -0.960. The van der Waals surface area contributed by atoms with E-state index in [0.29, 0.717) is 11.3 Å². The molecule has 0 heterocycles. The van der Waals surface area contributed by atoms with E-state index in [0.717, 1.165) is 3.57 Å². The first-order valence-corrected chi connectivity index (χ1v) is 3.89. The summed E-state index contributed by atoms with van der Waals surface area (Å²) >= 11 is 1.99. The van der Waals surface area contributed by atoms with Crippen LogP contribution < -0.4 is 0 Å². The Balaban J connectivity index is 3.22. The van der Waals surface area contributed by atoms with Gasteiger partial charge < -0.3 is 0 Å². The standard InChI is InChI=1S/C7H3IN2O/c8-7-3-6(10-11)2-1-5(7)4-9/h1-3H. The quantitative estimate of drug-likeness (QED) is 0.574. The maximum Gasteiger partial charge on any atom is 0.109 e. The molecule has 11 heavy (non-hydrogen) atoms. The number of nitroso groups, excluding NO2 is 1. The van der Waals surface area contributed by atoms with Crippen LogP contribution in [0.1, 0.15) is 5.56 Å². The van der Waals surface area contributed by atoms with Gasteiger partial charge in [0.15, 0.2) is 0 Å². The fraction of sp³-hybridized carbons (Fsp3) is 0. The third-order valence-corrected chi connectivity index (χ3v) is 2.07. The summed E-state index contributed by atoms with van der Waals surface area (Å²) in [5.41, 5.74) is 0.923. The molecule has 0 radical (unpaired) electrons. The molecule has 3 nitrogen and oxygen atoms in total. The third kappa shape index (κ3) is 1.74. The first-order valence-electron chi connectivity index (χ1n) is 2.81. The van der Waals surface area contributed by atoms with Gasteiger partial charge in [0.2, 0.25) is 0 Å². The zero-order valence-electron chi connectivity index (χ0n) is 5.41. The molecular formula is C7H3IN2O. The Bertz CT molecular complexity index is 330. The summed E-state index contributed by atoms with van der Waals surface area (Å²) in [5, 5.41) is 11.3. The van der Waals surface area contributed by atoms with Crippen LogP contribution in [0.5, 0.6) is 0 Å². The average molecular weight is 258 g/mol. The van der Waals surface area contributed by atoms with E-state index in [9.17, 15) is 4.91 Å². The number of nitrogens with zero attached hydrogens (tertiary/aromatic N) is 2. The smallest absolute Gasteiger partial charge is 0.109 e. The Morgan fingerprint density at radius 1 is 1.55 bits per heavy atom. The Kier molecular flexibility index (Phi) is 2.54. The van der Waals surface area contributed by atoms with Gasteiger partial charge >= 0.3 is 0 Å². The molecule has 0 saturated carbocycles. The lowest BCUT2D eigenvalue weighted by atomic mass is 10.2. The van der Waals surface area contributed by atoms with E-state index >= 15 is 0 Å². The van der Waals surface area contributed by atoms with Crippen molar-refractivity contribution < 1.29 is 0 Å². The molecule has 4 heteroatoms. The van der Waals surface area contributed by atoms with E-state index in [4.69, 9.17) is 5.26 Å². The SMILES string of the molecule is N#Cc1ccc(N=O)cc1I. The highest BCUT2D eigenvalue weighted by Gasteiger charge is 1.98. The molecule has 0 bridgehead atoms. The van der Waals surface area contributed by atoms with E-state index < -0.39 is 0 Å². The highest BCUT2D eigenvalue weighted by Crippen LogP contribution is 2.18. The van der Waals surface area contributed by atoms with Gasteiger partial charge in [-0.05, 0) is 46.0 Å². The monoisotopic (exact) mass is 258 g/mol. The number of halogens is 1. The summed E-state index contributed by atoms with van der Waals surface area (Å²) < 4.78 is 0.752. The van der Waals surface area contributed by atoms with Gasteiger partial charge in [-0.25, -0.2) is 0 Å². The van der Waals surface area contributed by atoms with Gasteiger partial charge in [-0.2, -0.15) is 5.26 Å². The van der Waals surface area contributed by atoms with Crippen LogP contribution in [0, 0.1) is 19.8 Å². The second-order valence-corrected chi connectivity index (χ2v) is 3.03. The minimum Gasteiger partial charge on any atom is -0.192 e. The number of rotatable bonds is 1. The first-order chi connectivity index (χ1) is 5.27. The zero-order valence-corrected chi connectivity index (χ0v) is 7.57. The maximum absolute atomic E-state index is 10.0. The summed E-state index contributed by atoms with van der Waals surface area (Å²) in [6, 6.07) is 6.67. The zero-order chi connectivity index (χ0) is 8.27. The van der Waals surface area contributed by atoms with Crippen LogP contribution in [0.15, 0.2) is 23.4 Å². The summed E-state index contributed by atoms with van der Waals surface area (Å²) in [5.74, 6) is 0.